The monoisotopic (exact) mass is 242 g/mol. The van der Waals surface area contributed by atoms with Crippen molar-refractivity contribution in [1.82, 2.24) is 14.9 Å². The van der Waals surface area contributed by atoms with E-state index in [1.807, 2.05) is 37.0 Å². The van der Waals surface area contributed by atoms with Gasteiger partial charge in [-0.25, -0.2) is 0 Å². The third-order valence-corrected chi connectivity index (χ3v) is 2.96. The summed E-state index contributed by atoms with van der Waals surface area (Å²) in [5.41, 5.74) is 9.84. The molecule has 3 rings (SSSR count). The quantitative estimate of drug-likeness (QED) is 0.748. The first-order valence-electron chi connectivity index (χ1n) is 5.77. The highest BCUT2D eigenvalue weighted by atomic mass is 16.5. The Morgan fingerprint density at radius 1 is 1.33 bits per heavy atom. The number of anilines is 1. The summed E-state index contributed by atoms with van der Waals surface area (Å²) in [6.45, 7) is 4.74. The van der Waals surface area contributed by atoms with Gasteiger partial charge < -0.3 is 10.3 Å². The molecule has 0 saturated heterocycles. The van der Waals surface area contributed by atoms with Gasteiger partial charge in [-0.1, -0.05) is 11.2 Å². The molecular formula is C13H14N4O. The molecule has 0 unspecified atom stereocenters. The van der Waals surface area contributed by atoms with Crippen LogP contribution in [0.3, 0.4) is 0 Å². The van der Waals surface area contributed by atoms with Crippen LogP contribution < -0.4 is 5.73 Å². The molecule has 0 fully saturated rings. The maximum absolute atomic E-state index is 5.76. The third kappa shape index (κ3) is 1.73. The Labute approximate surface area is 104 Å². The molecule has 0 bridgehead atoms. The number of aryl methyl sites for hydroxylation is 2. The molecule has 0 atom stereocenters. The molecule has 2 heterocycles. The minimum absolute atomic E-state index is 0.448. The lowest BCUT2D eigenvalue weighted by atomic mass is 10.1. The van der Waals surface area contributed by atoms with Gasteiger partial charge >= 0.3 is 0 Å². The van der Waals surface area contributed by atoms with Gasteiger partial charge in [-0.3, -0.25) is 4.68 Å². The summed E-state index contributed by atoms with van der Waals surface area (Å²) in [4.78, 5) is 0. The standard InChI is InChI=1S/C13H14N4O/c1-8-5-15-17(6-8)7-10-3-9(2)12-11(4-10)18-16-13(12)14/h3-6H,7H2,1-2H3,(H2,14,16). The highest BCUT2D eigenvalue weighted by Crippen LogP contribution is 2.25. The molecule has 0 amide bonds. The van der Waals surface area contributed by atoms with Crippen LogP contribution in [0, 0.1) is 13.8 Å². The van der Waals surface area contributed by atoms with Crippen molar-refractivity contribution >= 4 is 16.8 Å². The molecule has 5 nitrogen and oxygen atoms in total. The van der Waals surface area contributed by atoms with Crippen molar-refractivity contribution in [3.63, 3.8) is 0 Å². The topological polar surface area (TPSA) is 69.9 Å². The first-order chi connectivity index (χ1) is 8.63. The Bertz CT molecular complexity index is 711. The van der Waals surface area contributed by atoms with Gasteiger partial charge in [0.25, 0.3) is 0 Å². The van der Waals surface area contributed by atoms with E-state index in [0.29, 0.717) is 12.4 Å². The molecule has 0 radical (unpaired) electrons. The number of aromatic nitrogens is 3. The van der Waals surface area contributed by atoms with Crippen LogP contribution in [0.25, 0.3) is 11.0 Å². The lowest BCUT2D eigenvalue weighted by molar-refractivity contribution is 0.460. The van der Waals surface area contributed by atoms with Crippen LogP contribution in [0.1, 0.15) is 16.7 Å². The molecule has 3 aromatic rings. The predicted octanol–water partition coefficient (Wildman–Crippen LogP) is 2.27. The van der Waals surface area contributed by atoms with Gasteiger partial charge in [0, 0.05) is 6.20 Å². The highest BCUT2D eigenvalue weighted by Gasteiger charge is 2.10. The van der Waals surface area contributed by atoms with Gasteiger partial charge in [0.15, 0.2) is 11.4 Å². The molecule has 5 heteroatoms. The summed E-state index contributed by atoms with van der Waals surface area (Å²) in [6.07, 6.45) is 3.85. The number of hydrogen-bond donors (Lipinski definition) is 1. The first-order valence-corrected chi connectivity index (χ1v) is 5.77. The van der Waals surface area contributed by atoms with Crippen molar-refractivity contribution in [2.45, 2.75) is 20.4 Å². The van der Waals surface area contributed by atoms with Gasteiger partial charge in [0.1, 0.15) is 0 Å². The van der Waals surface area contributed by atoms with Crippen LogP contribution in [0.4, 0.5) is 5.82 Å². The zero-order valence-corrected chi connectivity index (χ0v) is 10.3. The Balaban J connectivity index is 2.02. The molecule has 0 saturated carbocycles. The molecule has 0 aliphatic carbocycles. The van der Waals surface area contributed by atoms with Crippen LogP contribution >= 0.6 is 0 Å². The Hall–Kier alpha value is -2.30. The number of nitrogens with zero attached hydrogens (tertiary/aromatic N) is 3. The van der Waals surface area contributed by atoms with Crippen molar-refractivity contribution in [3.8, 4) is 0 Å². The Kier molecular flexibility index (Phi) is 2.33. The molecule has 2 N–H and O–H groups in total. The molecule has 0 aliphatic rings. The van der Waals surface area contributed by atoms with Crippen LogP contribution in [-0.2, 0) is 6.54 Å². The summed E-state index contributed by atoms with van der Waals surface area (Å²) in [5, 5.41) is 8.96. The third-order valence-electron chi connectivity index (χ3n) is 2.96. The minimum Gasteiger partial charge on any atom is -0.380 e. The van der Waals surface area contributed by atoms with Gasteiger partial charge in [-0.05, 0) is 36.6 Å². The number of hydrogen-bond acceptors (Lipinski definition) is 4. The number of fused-ring (bicyclic) bond motifs is 1. The number of rotatable bonds is 2. The summed E-state index contributed by atoms with van der Waals surface area (Å²) in [5.74, 6) is 0.448. The van der Waals surface area contributed by atoms with Gasteiger partial charge in [-0.2, -0.15) is 5.10 Å². The molecule has 18 heavy (non-hydrogen) atoms. The second-order valence-electron chi connectivity index (χ2n) is 4.57. The highest BCUT2D eigenvalue weighted by molar-refractivity contribution is 5.90. The van der Waals surface area contributed by atoms with E-state index in [-0.39, 0.29) is 0 Å². The predicted molar refractivity (Wildman–Crippen MR) is 69.2 cm³/mol. The lowest BCUT2D eigenvalue weighted by Crippen LogP contribution is -2.00. The SMILES string of the molecule is Cc1cnn(Cc2cc(C)c3c(N)noc3c2)c1. The smallest absolute Gasteiger partial charge is 0.175 e. The van der Waals surface area contributed by atoms with E-state index >= 15 is 0 Å². The van der Waals surface area contributed by atoms with Gasteiger partial charge in [-0.15, -0.1) is 0 Å². The lowest BCUT2D eigenvalue weighted by Gasteiger charge is -2.04. The van der Waals surface area contributed by atoms with Crippen molar-refractivity contribution in [1.29, 1.82) is 0 Å². The Morgan fingerprint density at radius 3 is 2.89 bits per heavy atom. The number of nitrogen functional groups attached to an aromatic ring is 1. The van der Waals surface area contributed by atoms with Crippen LogP contribution in [0.2, 0.25) is 0 Å². The molecule has 2 aromatic heterocycles. The molecule has 1 aromatic carbocycles. The number of benzene rings is 1. The van der Waals surface area contributed by atoms with Crippen molar-refractivity contribution in [2.75, 3.05) is 5.73 Å². The van der Waals surface area contributed by atoms with E-state index in [4.69, 9.17) is 10.3 Å². The van der Waals surface area contributed by atoms with E-state index in [1.54, 1.807) is 0 Å². The zero-order valence-electron chi connectivity index (χ0n) is 10.3. The van der Waals surface area contributed by atoms with Gasteiger partial charge in [0.05, 0.1) is 18.1 Å². The fourth-order valence-corrected chi connectivity index (χ4v) is 2.20. The van der Waals surface area contributed by atoms with E-state index in [1.165, 1.54) is 0 Å². The van der Waals surface area contributed by atoms with Gasteiger partial charge in [0.2, 0.25) is 0 Å². The largest absolute Gasteiger partial charge is 0.380 e. The summed E-state index contributed by atoms with van der Waals surface area (Å²) in [6, 6.07) is 4.05. The number of nitrogens with two attached hydrogens (primary N) is 1. The average molecular weight is 242 g/mol. The summed E-state index contributed by atoms with van der Waals surface area (Å²) in [7, 11) is 0. The van der Waals surface area contributed by atoms with E-state index in [0.717, 1.165) is 27.7 Å². The summed E-state index contributed by atoms with van der Waals surface area (Å²) >= 11 is 0. The molecular weight excluding hydrogens is 228 g/mol. The average Bonchev–Trinajstić information content (AvgIpc) is 2.86. The molecule has 0 aliphatic heterocycles. The normalized spacial score (nSPS) is 11.2. The maximum Gasteiger partial charge on any atom is 0.175 e. The van der Waals surface area contributed by atoms with Crippen LogP contribution in [-0.4, -0.2) is 14.9 Å². The van der Waals surface area contributed by atoms with Crippen molar-refractivity contribution in [2.24, 2.45) is 0 Å². The zero-order chi connectivity index (χ0) is 12.7. The van der Waals surface area contributed by atoms with E-state index < -0.39 is 0 Å². The van der Waals surface area contributed by atoms with Crippen LogP contribution in [0.15, 0.2) is 29.0 Å². The summed E-state index contributed by atoms with van der Waals surface area (Å²) < 4.78 is 7.11. The molecule has 92 valence electrons. The van der Waals surface area contributed by atoms with Crippen molar-refractivity contribution < 1.29 is 4.52 Å². The molecule has 0 spiro atoms. The first kappa shape index (κ1) is 10.8. The minimum atomic E-state index is 0.448. The van der Waals surface area contributed by atoms with E-state index in [2.05, 4.69) is 16.3 Å². The second-order valence-corrected chi connectivity index (χ2v) is 4.57. The van der Waals surface area contributed by atoms with E-state index in [9.17, 15) is 0 Å². The Morgan fingerprint density at radius 2 is 2.17 bits per heavy atom. The van der Waals surface area contributed by atoms with Crippen LogP contribution in [0.5, 0.6) is 0 Å². The maximum atomic E-state index is 5.76. The fraction of sp³-hybridized carbons (Fsp3) is 0.231. The van der Waals surface area contributed by atoms with Crippen molar-refractivity contribution in [3.05, 3.63) is 41.2 Å². The fourth-order valence-electron chi connectivity index (χ4n) is 2.20. The second kappa shape index (κ2) is 3.87.